The second kappa shape index (κ2) is 12.0. The Balaban J connectivity index is 1.64. The summed E-state index contributed by atoms with van der Waals surface area (Å²) >= 11 is 0. The van der Waals surface area contributed by atoms with Gasteiger partial charge in [0.25, 0.3) is 0 Å². The molecule has 1 aliphatic carbocycles. The SMILES string of the molecule is CCC(=O)c1ccc([C@H]2CC[C@@H](C(=O)NCCOCCOC(C)C)CC2)cc1. The van der Waals surface area contributed by atoms with Gasteiger partial charge in [0.05, 0.1) is 25.9 Å². The monoisotopic (exact) mass is 389 g/mol. The lowest BCUT2D eigenvalue weighted by Gasteiger charge is -2.28. The molecule has 1 aromatic carbocycles. The molecule has 0 saturated heterocycles. The first-order valence-electron chi connectivity index (χ1n) is 10.6. The molecule has 1 fully saturated rings. The molecule has 0 spiro atoms. The van der Waals surface area contributed by atoms with Crippen molar-refractivity contribution < 1.29 is 19.1 Å². The summed E-state index contributed by atoms with van der Waals surface area (Å²) in [4.78, 5) is 24.1. The zero-order valence-corrected chi connectivity index (χ0v) is 17.5. The number of rotatable bonds is 11. The van der Waals surface area contributed by atoms with E-state index in [1.54, 1.807) is 0 Å². The Hall–Kier alpha value is -1.72. The minimum atomic E-state index is 0.0986. The van der Waals surface area contributed by atoms with E-state index in [4.69, 9.17) is 9.47 Å². The third-order valence-corrected chi connectivity index (χ3v) is 5.35. The van der Waals surface area contributed by atoms with Crippen LogP contribution in [0.2, 0.25) is 0 Å². The number of benzene rings is 1. The highest BCUT2D eigenvalue weighted by Crippen LogP contribution is 2.35. The minimum Gasteiger partial charge on any atom is -0.377 e. The van der Waals surface area contributed by atoms with Gasteiger partial charge in [-0.15, -0.1) is 0 Å². The first-order valence-corrected chi connectivity index (χ1v) is 10.6. The molecule has 1 aliphatic rings. The lowest BCUT2D eigenvalue weighted by atomic mass is 9.78. The highest BCUT2D eigenvalue weighted by atomic mass is 16.5. The fourth-order valence-corrected chi connectivity index (χ4v) is 3.67. The molecule has 2 rings (SSSR count). The van der Waals surface area contributed by atoms with Gasteiger partial charge in [-0.05, 0) is 51.0 Å². The zero-order chi connectivity index (χ0) is 20.4. The van der Waals surface area contributed by atoms with E-state index in [0.717, 1.165) is 31.2 Å². The summed E-state index contributed by atoms with van der Waals surface area (Å²) < 4.78 is 10.9. The second-order valence-electron chi connectivity index (χ2n) is 7.77. The standard InChI is InChI=1S/C23H35NO4/c1-4-22(25)20-9-5-18(6-10-20)19-7-11-21(12-8-19)23(26)24-13-14-27-15-16-28-17(2)3/h5-6,9-10,17,19,21H,4,7-8,11-16H2,1-3H3,(H,24,26)/t19-,21+. The number of carbonyl (C=O) groups excluding carboxylic acids is 2. The average molecular weight is 390 g/mol. The summed E-state index contributed by atoms with van der Waals surface area (Å²) in [5.41, 5.74) is 2.07. The molecule has 0 unspecified atom stereocenters. The summed E-state index contributed by atoms with van der Waals surface area (Å²) in [5.74, 6) is 0.910. The van der Waals surface area contributed by atoms with Crippen molar-refractivity contribution in [1.29, 1.82) is 0 Å². The van der Waals surface area contributed by atoms with Crippen molar-refractivity contribution in [2.45, 2.75) is 64.9 Å². The van der Waals surface area contributed by atoms with E-state index in [1.807, 2.05) is 32.9 Å². The molecule has 0 bridgehead atoms. The van der Waals surface area contributed by atoms with Crippen LogP contribution in [0.4, 0.5) is 0 Å². The molecule has 1 saturated carbocycles. The third-order valence-electron chi connectivity index (χ3n) is 5.35. The number of amides is 1. The molecule has 1 aromatic rings. The van der Waals surface area contributed by atoms with Crippen LogP contribution in [0.5, 0.6) is 0 Å². The topological polar surface area (TPSA) is 64.6 Å². The molecule has 1 amide bonds. The van der Waals surface area contributed by atoms with Gasteiger partial charge in [-0.25, -0.2) is 0 Å². The van der Waals surface area contributed by atoms with E-state index in [2.05, 4.69) is 17.4 Å². The Kier molecular flexibility index (Phi) is 9.65. The molecule has 0 atom stereocenters. The Bertz CT molecular complexity index is 604. The van der Waals surface area contributed by atoms with Crippen molar-refractivity contribution in [3.05, 3.63) is 35.4 Å². The molecule has 0 radical (unpaired) electrons. The zero-order valence-electron chi connectivity index (χ0n) is 17.5. The van der Waals surface area contributed by atoms with E-state index in [-0.39, 0.29) is 23.7 Å². The van der Waals surface area contributed by atoms with E-state index in [0.29, 0.717) is 38.7 Å². The van der Waals surface area contributed by atoms with Crippen LogP contribution in [0.25, 0.3) is 0 Å². The normalized spacial score (nSPS) is 19.6. The number of Topliss-reactive ketones (excluding diaryl/α,β-unsaturated/α-hetero) is 1. The van der Waals surface area contributed by atoms with Gasteiger partial charge in [0.2, 0.25) is 5.91 Å². The van der Waals surface area contributed by atoms with Gasteiger partial charge in [-0.3, -0.25) is 9.59 Å². The highest BCUT2D eigenvalue weighted by molar-refractivity contribution is 5.95. The van der Waals surface area contributed by atoms with E-state index in [9.17, 15) is 9.59 Å². The summed E-state index contributed by atoms with van der Waals surface area (Å²) in [6.45, 7) is 8.09. The minimum absolute atomic E-state index is 0.0986. The Morgan fingerprint density at radius 1 is 1.04 bits per heavy atom. The van der Waals surface area contributed by atoms with Crippen LogP contribution in [0.3, 0.4) is 0 Å². The van der Waals surface area contributed by atoms with Gasteiger partial charge in [-0.2, -0.15) is 0 Å². The van der Waals surface area contributed by atoms with Crippen LogP contribution < -0.4 is 5.32 Å². The van der Waals surface area contributed by atoms with Crippen LogP contribution in [0.1, 0.15) is 74.7 Å². The number of ketones is 1. The first-order chi connectivity index (χ1) is 13.5. The maximum atomic E-state index is 12.3. The van der Waals surface area contributed by atoms with Crippen molar-refractivity contribution in [2.24, 2.45) is 5.92 Å². The van der Waals surface area contributed by atoms with Crippen molar-refractivity contribution in [1.82, 2.24) is 5.32 Å². The largest absolute Gasteiger partial charge is 0.377 e. The molecule has 0 heterocycles. The highest BCUT2D eigenvalue weighted by Gasteiger charge is 2.26. The molecule has 1 N–H and O–H groups in total. The first kappa shape index (κ1) is 22.6. The van der Waals surface area contributed by atoms with Gasteiger partial charge in [-0.1, -0.05) is 31.2 Å². The maximum absolute atomic E-state index is 12.3. The van der Waals surface area contributed by atoms with Gasteiger partial charge in [0, 0.05) is 24.4 Å². The van der Waals surface area contributed by atoms with E-state index < -0.39 is 0 Å². The summed E-state index contributed by atoms with van der Waals surface area (Å²) in [7, 11) is 0. The van der Waals surface area contributed by atoms with Gasteiger partial charge < -0.3 is 14.8 Å². The number of ether oxygens (including phenoxy) is 2. The van der Waals surface area contributed by atoms with Gasteiger partial charge >= 0.3 is 0 Å². The second-order valence-corrected chi connectivity index (χ2v) is 7.77. The third kappa shape index (κ3) is 7.36. The maximum Gasteiger partial charge on any atom is 0.223 e. The van der Waals surface area contributed by atoms with Gasteiger partial charge in [0.1, 0.15) is 0 Å². The predicted octanol–water partition coefficient (Wildman–Crippen LogP) is 4.11. The average Bonchev–Trinajstić information content (AvgIpc) is 2.72. The molecule has 28 heavy (non-hydrogen) atoms. The number of hydrogen-bond donors (Lipinski definition) is 1. The number of hydrogen-bond acceptors (Lipinski definition) is 4. The Labute approximate surface area is 169 Å². The smallest absolute Gasteiger partial charge is 0.223 e. The quantitative estimate of drug-likeness (QED) is 0.457. The van der Waals surface area contributed by atoms with Crippen molar-refractivity contribution in [3.8, 4) is 0 Å². The van der Waals surface area contributed by atoms with E-state index in [1.165, 1.54) is 5.56 Å². The Morgan fingerprint density at radius 2 is 1.71 bits per heavy atom. The molecule has 5 nitrogen and oxygen atoms in total. The van der Waals surface area contributed by atoms with Crippen LogP contribution in [-0.4, -0.2) is 44.2 Å². The summed E-state index contributed by atoms with van der Waals surface area (Å²) in [5, 5.41) is 2.99. The van der Waals surface area contributed by atoms with Crippen LogP contribution in [0.15, 0.2) is 24.3 Å². The molecular weight excluding hydrogens is 354 g/mol. The number of carbonyl (C=O) groups is 2. The Morgan fingerprint density at radius 3 is 2.32 bits per heavy atom. The van der Waals surface area contributed by atoms with Crippen molar-refractivity contribution >= 4 is 11.7 Å². The molecule has 5 heteroatoms. The molecule has 0 aliphatic heterocycles. The van der Waals surface area contributed by atoms with Gasteiger partial charge in [0.15, 0.2) is 5.78 Å². The lowest BCUT2D eigenvalue weighted by molar-refractivity contribution is -0.126. The van der Waals surface area contributed by atoms with Crippen molar-refractivity contribution in [2.75, 3.05) is 26.4 Å². The predicted molar refractivity (Wildman–Crippen MR) is 111 cm³/mol. The molecule has 156 valence electrons. The van der Waals surface area contributed by atoms with Crippen LogP contribution in [-0.2, 0) is 14.3 Å². The van der Waals surface area contributed by atoms with Crippen LogP contribution >= 0.6 is 0 Å². The fraction of sp³-hybridized carbons (Fsp3) is 0.652. The lowest BCUT2D eigenvalue weighted by Crippen LogP contribution is -2.35. The van der Waals surface area contributed by atoms with E-state index >= 15 is 0 Å². The summed E-state index contributed by atoms with van der Waals surface area (Å²) in [6.07, 6.45) is 4.61. The van der Waals surface area contributed by atoms with Crippen LogP contribution in [0, 0.1) is 5.92 Å². The fourth-order valence-electron chi connectivity index (χ4n) is 3.67. The van der Waals surface area contributed by atoms with Crippen molar-refractivity contribution in [3.63, 3.8) is 0 Å². The molecule has 0 aromatic heterocycles. The summed E-state index contributed by atoms with van der Waals surface area (Å²) in [6, 6.07) is 8.03. The molecular formula is C23H35NO4. The number of nitrogens with one attached hydrogen (secondary N) is 1.